The van der Waals surface area contributed by atoms with Crippen molar-refractivity contribution in [3.8, 4) is 11.5 Å². The van der Waals surface area contributed by atoms with E-state index in [9.17, 15) is 8.42 Å². The molecule has 1 N–H and O–H groups in total. The molecular weight excluding hydrogens is 396 g/mol. The molecule has 0 aliphatic carbocycles. The normalized spacial score (nSPS) is 18.1. The topological polar surface area (TPSA) is 67.9 Å². The van der Waals surface area contributed by atoms with Crippen molar-refractivity contribution in [2.75, 3.05) is 34.4 Å². The fourth-order valence-electron chi connectivity index (χ4n) is 2.34. The molecule has 1 fully saturated rings. The van der Waals surface area contributed by atoms with Gasteiger partial charge in [-0.15, -0.1) is 12.4 Å². The first-order valence-electron chi connectivity index (χ1n) is 6.52. The maximum absolute atomic E-state index is 12.8. The molecule has 1 aliphatic rings. The van der Waals surface area contributed by atoms with Gasteiger partial charge in [0.2, 0.25) is 10.0 Å². The number of ether oxygens (including phenoxy) is 2. The summed E-state index contributed by atoms with van der Waals surface area (Å²) in [6, 6.07) is 3.05. The summed E-state index contributed by atoms with van der Waals surface area (Å²) in [6.45, 7) is 1.49. The van der Waals surface area contributed by atoms with Crippen molar-refractivity contribution in [2.24, 2.45) is 0 Å². The summed E-state index contributed by atoms with van der Waals surface area (Å²) < 4.78 is 38.0. The molecule has 1 aromatic carbocycles. The third-order valence-electron chi connectivity index (χ3n) is 3.64. The average molecular weight is 416 g/mol. The second-order valence-corrected chi connectivity index (χ2v) is 7.63. The monoisotopic (exact) mass is 414 g/mol. The van der Waals surface area contributed by atoms with Crippen LogP contribution in [-0.4, -0.2) is 53.1 Å². The molecule has 1 atom stereocenters. The van der Waals surface area contributed by atoms with Crippen molar-refractivity contribution in [2.45, 2.75) is 17.4 Å². The summed E-state index contributed by atoms with van der Waals surface area (Å²) in [5.74, 6) is 0.795. The van der Waals surface area contributed by atoms with E-state index >= 15 is 0 Å². The Morgan fingerprint density at radius 3 is 2.41 bits per heavy atom. The third kappa shape index (κ3) is 3.68. The molecule has 1 saturated heterocycles. The van der Waals surface area contributed by atoms with Gasteiger partial charge in [0, 0.05) is 25.7 Å². The quantitative estimate of drug-likeness (QED) is 0.795. The first kappa shape index (κ1) is 19.5. The number of nitrogens with zero attached hydrogens (tertiary/aromatic N) is 1. The van der Waals surface area contributed by atoms with Crippen molar-refractivity contribution in [3.63, 3.8) is 0 Å². The van der Waals surface area contributed by atoms with E-state index in [2.05, 4.69) is 21.2 Å². The molecule has 0 radical (unpaired) electrons. The lowest BCUT2D eigenvalue weighted by Gasteiger charge is -2.24. The number of rotatable bonds is 5. The Morgan fingerprint density at radius 2 is 1.91 bits per heavy atom. The fraction of sp³-hybridized carbons (Fsp3) is 0.538. The average Bonchev–Trinajstić information content (AvgIpc) is 3.00. The zero-order valence-corrected chi connectivity index (χ0v) is 15.8. The van der Waals surface area contributed by atoms with Crippen LogP contribution < -0.4 is 14.8 Å². The summed E-state index contributed by atoms with van der Waals surface area (Å²) in [6.07, 6.45) is 0.801. The van der Waals surface area contributed by atoms with Crippen LogP contribution in [0.25, 0.3) is 0 Å². The third-order valence-corrected chi connectivity index (χ3v) is 6.19. The Balaban J connectivity index is 0.00000242. The van der Waals surface area contributed by atoms with Gasteiger partial charge in [0.1, 0.15) is 16.4 Å². The Hall–Kier alpha value is -0.540. The van der Waals surface area contributed by atoms with Crippen LogP contribution in [0, 0.1) is 0 Å². The van der Waals surface area contributed by atoms with Crippen molar-refractivity contribution < 1.29 is 17.9 Å². The number of nitrogens with one attached hydrogen (secondary N) is 1. The molecular formula is C13H20BrClN2O4S. The van der Waals surface area contributed by atoms with Crippen molar-refractivity contribution in [3.05, 3.63) is 16.6 Å². The van der Waals surface area contributed by atoms with Gasteiger partial charge in [-0.3, -0.25) is 0 Å². The fourth-order valence-corrected chi connectivity index (χ4v) is 4.54. The van der Waals surface area contributed by atoms with Crippen LogP contribution in [0.1, 0.15) is 6.42 Å². The first-order chi connectivity index (χ1) is 9.91. The van der Waals surface area contributed by atoms with Crippen molar-refractivity contribution in [1.82, 2.24) is 9.62 Å². The van der Waals surface area contributed by atoms with Gasteiger partial charge in [0.05, 0.1) is 18.7 Å². The van der Waals surface area contributed by atoms with E-state index in [1.54, 1.807) is 13.1 Å². The van der Waals surface area contributed by atoms with E-state index in [0.717, 1.165) is 13.0 Å². The van der Waals surface area contributed by atoms with Gasteiger partial charge in [0.25, 0.3) is 0 Å². The molecule has 1 heterocycles. The SMILES string of the molecule is COc1cc(OC)c(S(=O)(=O)N(C)C2CCNC2)cc1Br.Cl. The maximum atomic E-state index is 12.8. The zero-order chi connectivity index (χ0) is 15.6. The Morgan fingerprint density at radius 1 is 1.27 bits per heavy atom. The van der Waals surface area contributed by atoms with Crippen LogP contribution in [0.5, 0.6) is 11.5 Å². The van der Waals surface area contributed by atoms with Crippen LogP contribution in [-0.2, 0) is 10.0 Å². The van der Waals surface area contributed by atoms with Crippen LogP contribution >= 0.6 is 28.3 Å². The van der Waals surface area contributed by atoms with E-state index in [1.165, 1.54) is 24.6 Å². The van der Waals surface area contributed by atoms with E-state index in [1.807, 2.05) is 0 Å². The lowest BCUT2D eigenvalue weighted by molar-refractivity contribution is 0.370. The van der Waals surface area contributed by atoms with Gasteiger partial charge in [-0.25, -0.2) is 8.42 Å². The Labute approximate surface area is 145 Å². The molecule has 0 spiro atoms. The summed E-state index contributed by atoms with van der Waals surface area (Å²) in [5, 5.41) is 3.17. The molecule has 0 saturated carbocycles. The molecule has 22 heavy (non-hydrogen) atoms. The maximum Gasteiger partial charge on any atom is 0.246 e. The highest BCUT2D eigenvalue weighted by atomic mass is 79.9. The highest BCUT2D eigenvalue weighted by Gasteiger charge is 2.32. The number of halogens is 2. The molecule has 1 aromatic rings. The first-order valence-corrected chi connectivity index (χ1v) is 8.75. The van der Waals surface area contributed by atoms with Gasteiger partial charge in [-0.2, -0.15) is 4.31 Å². The molecule has 2 rings (SSSR count). The van der Waals surface area contributed by atoms with Gasteiger partial charge in [0.15, 0.2) is 0 Å². The predicted molar refractivity (Wildman–Crippen MR) is 90.7 cm³/mol. The van der Waals surface area contributed by atoms with Crippen LogP contribution in [0.2, 0.25) is 0 Å². The summed E-state index contributed by atoms with van der Waals surface area (Å²) in [7, 11) is 0.933. The lowest BCUT2D eigenvalue weighted by atomic mass is 10.3. The number of benzene rings is 1. The molecule has 0 aromatic heterocycles. The predicted octanol–water partition coefficient (Wildman–Crippen LogP) is 1.87. The summed E-state index contributed by atoms with van der Waals surface area (Å²) in [4.78, 5) is 0.132. The highest BCUT2D eigenvalue weighted by Crippen LogP contribution is 2.36. The molecule has 6 nitrogen and oxygen atoms in total. The van der Waals surface area contributed by atoms with E-state index in [-0.39, 0.29) is 29.1 Å². The number of likely N-dealkylation sites (N-methyl/N-ethyl adjacent to an activating group) is 1. The molecule has 126 valence electrons. The van der Waals surface area contributed by atoms with E-state index in [0.29, 0.717) is 16.8 Å². The molecule has 1 aliphatic heterocycles. The van der Waals surface area contributed by atoms with Crippen molar-refractivity contribution >= 4 is 38.4 Å². The van der Waals surface area contributed by atoms with Gasteiger partial charge in [-0.1, -0.05) is 0 Å². The standard InChI is InChI=1S/C13H19BrN2O4S.ClH/c1-16(9-4-5-15-8-9)21(17,18)13-6-10(14)11(19-2)7-12(13)20-3;/h6-7,9,15H,4-5,8H2,1-3H3;1H. The number of hydrogen-bond donors (Lipinski definition) is 1. The molecule has 0 bridgehead atoms. The number of sulfonamides is 1. The van der Waals surface area contributed by atoms with Gasteiger partial charge >= 0.3 is 0 Å². The summed E-state index contributed by atoms with van der Waals surface area (Å²) >= 11 is 3.32. The lowest BCUT2D eigenvalue weighted by Crippen LogP contribution is -2.38. The zero-order valence-electron chi connectivity index (χ0n) is 12.6. The summed E-state index contributed by atoms with van der Waals surface area (Å²) in [5.41, 5.74) is 0. The minimum atomic E-state index is -3.63. The smallest absolute Gasteiger partial charge is 0.246 e. The minimum absolute atomic E-state index is 0. The van der Waals surface area contributed by atoms with E-state index in [4.69, 9.17) is 9.47 Å². The minimum Gasteiger partial charge on any atom is -0.495 e. The second kappa shape index (κ2) is 7.83. The number of methoxy groups -OCH3 is 2. The second-order valence-electron chi connectivity index (χ2n) is 4.81. The van der Waals surface area contributed by atoms with Crippen LogP contribution in [0.15, 0.2) is 21.5 Å². The van der Waals surface area contributed by atoms with Crippen LogP contribution in [0.4, 0.5) is 0 Å². The van der Waals surface area contributed by atoms with Crippen LogP contribution in [0.3, 0.4) is 0 Å². The highest BCUT2D eigenvalue weighted by molar-refractivity contribution is 9.10. The van der Waals surface area contributed by atoms with E-state index < -0.39 is 10.0 Å². The number of hydrogen-bond acceptors (Lipinski definition) is 5. The van der Waals surface area contributed by atoms with Gasteiger partial charge < -0.3 is 14.8 Å². The Kier molecular flexibility index (Phi) is 6.94. The van der Waals surface area contributed by atoms with Gasteiger partial charge in [-0.05, 0) is 35.0 Å². The Bertz CT molecular complexity index is 621. The van der Waals surface area contributed by atoms with Crippen molar-refractivity contribution in [1.29, 1.82) is 0 Å². The molecule has 1 unspecified atom stereocenters. The largest absolute Gasteiger partial charge is 0.495 e. The molecule has 0 amide bonds. The molecule has 9 heteroatoms.